The molecule has 5 atom stereocenters. The number of hydrogen-bond donors (Lipinski definition) is 1. The van der Waals surface area contributed by atoms with E-state index in [0.717, 1.165) is 5.92 Å². The highest BCUT2D eigenvalue weighted by molar-refractivity contribution is 5.24. The van der Waals surface area contributed by atoms with Crippen LogP contribution in [0.5, 0.6) is 0 Å². The quantitative estimate of drug-likeness (QED) is 0.514. The molecule has 0 spiro atoms. The van der Waals surface area contributed by atoms with Crippen molar-refractivity contribution in [1.82, 2.24) is 0 Å². The summed E-state index contributed by atoms with van der Waals surface area (Å²) in [6.07, 6.45) is 9.94. The number of rotatable bonds is 0. The summed E-state index contributed by atoms with van der Waals surface area (Å²) in [5.41, 5.74) is 0. The molecule has 0 unspecified atom stereocenters. The van der Waals surface area contributed by atoms with Crippen molar-refractivity contribution in [3.63, 3.8) is 0 Å². The van der Waals surface area contributed by atoms with Crippen LogP contribution < -0.4 is 0 Å². The van der Waals surface area contributed by atoms with Gasteiger partial charge in [-0.1, -0.05) is 24.3 Å². The summed E-state index contributed by atoms with van der Waals surface area (Å²) < 4.78 is 0. The van der Waals surface area contributed by atoms with Gasteiger partial charge in [0, 0.05) is 5.92 Å². The summed E-state index contributed by atoms with van der Waals surface area (Å²) in [5, 5.41) is 9.60. The van der Waals surface area contributed by atoms with E-state index in [4.69, 9.17) is 0 Å². The van der Waals surface area contributed by atoms with Gasteiger partial charge in [-0.15, -0.1) is 0 Å². The monoisotopic (exact) mass is 148 g/mol. The molecule has 0 aromatic carbocycles. The van der Waals surface area contributed by atoms with E-state index >= 15 is 0 Å². The molecule has 3 rings (SSSR count). The zero-order valence-corrected chi connectivity index (χ0v) is 6.35. The Balaban J connectivity index is 2.02. The van der Waals surface area contributed by atoms with E-state index in [1.807, 2.05) is 6.08 Å². The lowest BCUT2D eigenvalue weighted by atomic mass is 9.84. The summed E-state index contributed by atoms with van der Waals surface area (Å²) in [7, 11) is 0. The summed E-state index contributed by atoms with van der Waals surface area (Å²) in [6, 6.07) is 0. The summed E-state index contributed by atoms with van der Waals surface area (Å²) in [6.45, 7) is 0. The first kappa shape index (κ1) is 6.01. The smallest absolute Gasteiger partial charge is 0.0760 e. The number of fused-ring (bicyclic) bond motifs is 5. The predicted octanol–water partition coefficient (Wildman–Crippen LogP) is 1.36. The van der Waals surface area contributed by atoms with Crippen LogP contribution in [0.3, 0.4) is 0 Å². The highest BCUT2D eigenvalue weighted by Gasteiger charge is 2.48. The maximum absolute atomic E-state index is 9.60. The van der Waals surface area contributed by atoms with Crippen LogP contribution >= 0.6 is 0 Å². The normalized spacial score (nSPS) is 57.4. The lowest BCUT2D eigenvalue weighted by Gasteiger charge is -2.22. The zero-order valence-electron chi connectivity index (χ0n) is 6.35. The van der Waals surface area contributed by atoms with Gasteiger partial charge in [0.15, 0.2) is 0 Å². The Morgan fingerprint density at radius 1 is 1.00 bits per heavy atom. The van der Waals surface area contributed by atoms with E-state index < -0.39 is 0 Å². The van der Waals surface area contributed by atoms with Crippen LogP contribution in [-0.4, -0.2) is 11.2 Å². The second-order valence-corrected chi connectivity index (χ2v) is 3.98. The first-order chi connectivity index (χ1) is 5.36. The second kappa shape index (κ2) is 1.78. The predicted molar refractivity (Wildman–Crippen MR) is 42.9 cm³/mol. The third-order valence-electron chi connectivity index (χ3n) is 3.51. The lowest BCUT2D eigenvalue weighted by Crippen LogP contribution is -2.23. The van der Waals surface area contributed by atoms with Gasteiger partial charge in [-0.2, -0.15) is 0 Å². The van der Waals surface area contributed by atoms with Gasteiger partial charge in [-0.3, -0.25) is 0 Å². The Morgan fingerprint density at radius 2 is 1.82 bits per heavy atom. The molecular formula is C10H12O. The van der Waals surface area contributed by atoms with Gasteiger partial charge in [0.2, 0.25) is 0 Å². The van der Waals surface area contributed by atoms with Crippen molar-refractivity contribution < 1.29 is 5.11 Å². The first-order valence-electron chi connectivity index (χ1n) is 4.41. The molecule has 3 aliphatic rings. The minimum absolute atomic E-state index is 0.153. The fourth-order valence-corrected chi connectivity index (χ4v) is 3.02. The third-order valence-corrected chi connectivity index (χ3v) is 3.51. The lowest BCUT2D eigenvalue weighted by molar-refractivity contribution is 0.132. The zero-order chi connectivity index (χ0) is 7.42. The van der Waals surface area contributed by atoms with Crippen molar-refractivity contribution in [3.8, 4) is 0 Å². The molecule has 0 radical (unpaired) electrons. The molecule has 0 aliphatic heterocycles. The van der Waals surface area contributed by atoms with Gasteiger partial charge >= 0.3 is 0 Å². The molecule has 0 heterocycles. The topological polar surface area (TPSA) is 20.2 Å². The van der Waals surface area contributed by atoms with Crippen molar-refractivity contribution in [2.24, 2.45) is 23.7 Å². The van der Waals surface area contributed by atoms with E-state index in [0.29, 0.717) is 17.8 Å². The molecule has 0 amide bonds. The number of allylic oxidation sites excluding steroid dienone is 3. The van der Waals surface area contributed by atoms with Gasteiger partial charge in [0.05, 0.1) is 6.10 Å². The van der Waals surface area contributed by atoms with Crippen LogP contribution in [0.2, 0.25) is 0 Å². The average Bonchev–Trinajstić information content (AvgIpc) is 2.60. The molecular weight excluding hydrogens is 136 g/mol. The van der Waals surface area contributed by atoms with Gasteiger partial charge in [-0.25, -0.2) is 0 Å². The number of aliphatic hydroxyl groups is 1. The van der Waals surface area contributed by atoms with E-state index in [1.165, 1.54) is 6.42 Å². The molecule has 58 valence electrons. The second-order valence-electron chi connectivity index (χ2n) is 3.98. The van der Waals surface area contributed by atoms with E-state index in [2.05, 4.69) is 18.2 Å². The minimum atomic E-state index is -0.153. The largest absolute Gasteiger partial charge is 0.389 e. The Bertz CT molecular complexity index is 241. The van der Waals surface area contributed by atoms with Crippen LogP contribution in [0, 0.1) is 23.7 Å². The number of hydrogen-bond acceptors (Lipinski definition) is 1. The first-order valence-corrected chi connectivity index (χ1v) is 4.41. The minimum Gasteiger partial charge on any atom is -0.389 e. The maximum atomic E-state index is 9.60. The standard InChI is InChI=1S/C10H12O/c11-9-4-3-8-6-1-2-7(5-6)10(8)9/h1-4,6-11H,5H2/t6-,7+,8-,9-,10+/m1/s1. The Morgan fingerprint density at radius 3 is 2.64 bits per heavy atom. The molecule has 0 saturated heterocycles. The summed E-state index contributed by atoms with van der Waals surface area (Å²) >= 11 is 0. The van der Waals surface area contributed by atoms with Crippen LogP contribution in [0.15, 0.2) is 24.3 Å². The summed E-state index contributed by atoms with van der Waals surface area (Å²) in [4.78, 5) is 0. The van der Waals surface area contributed by atoms with Crippen molar-refractivity contribution in [1.29, 1.82) is 0 Å². The van der Waals surface area contributed by atoms with Crippen molar-refractivity contribution in [2.75, 3.05) is 0 Å². The summed E-state index contributed by atoms with van der Waals surface area (Å²) in [5.74, 6) is 2.62. The van der Waals surface area contributed by atoms with E-state index in [-0.39, 0.29) is 6.10 Å². The fourth-order valence-electron chi connectivity index (χ4n) is 3.02. The number of aliphatic hydroxyl groups excluding tert-OH is 1. The highest BCUT2D eigenvalue weighted by atomic mass is 16.3. The molecule has 1 heteroatoms. The van der Waals surface area contributed by atoms with Crippen LogP contribution in [-0.2, 0) is 0 Å². The van der Waals surface area contributed by atoms with Crippen molar-refractivity contribution in [2.45, 2.75) is 12.5 Å². The molecule has 1 nitrogen and oxygen atoms in total. The molecule has 1 saturated carbocycles. The molecule has 0 aromatic heterocycles. The Kier molecular flexibility index (Phi) is 0.972. The van der Waals surface area contributed by atoms with Crippen LogP contribution in [0.4, 0.5) is 0 Å². The Labute approximate surface area is 66.4 Å². The van der Waals surface area contributed by atoms with Gasteiger partial charge in [0.25, 0.3) is 0 Å². The van der Waals surface area contributed by atoms with Crippen LogP contribution in [0.25, 0.3) is 0 Å². The van der Waals surface area contributed by atoms with Gasteiger partial charge in [0.1, 0.15) is 0 Å². The van der Waals surface area contributed by atoms with Gasteiger partial charge < -0.3 is 5.11 Å². The molecule has 3 aliphatic carbocycles. The molecule has 0 aromatic rings. The SMILES string of the molecule is O[C@@H]1C=C[C@H]2[C@@H]1[C@H]1C=C[C@@H]2C1. The Hall–Kier alpha value is -0.560. The van der Waals surface area contributed by atoms with Crippen LogP contribution in [0.1, 0.15) is 6.42 Å². The molecule has 11 heavy (non-hydrogen) atoms. The average molecular weight is 148 g/mol. The van der Waals surface area contributed by atoms with Crippen molar-refractivity contribution >= 4 is 0 Å². The van der Waals surface area contributed by atoms with E-state index in [9.17, 15) is 5.11 Å². The molecule has 1 N–H and O–H groups in total. The van der Waals surface area contributed by atoms with Gasteiger partial charge in [-0.05, 0) is 24.2 Å². The third kappa shape index (κ3) is 0.603. The fraction of sp³-hybridized carbons (Fsp3) is 0.600. The molecule has 2 bridgehead atoms. The van der Waals surface area contributed by atoms with Crippen molar-refractivity contribution in [3.05, 3.63) is 24.3 Å². The highest BCUT2D eigenvalue weighted by Crippen LogP contribution is 2.52. The molecule has 1 fully saturated rings. The maximum Gasteiger partial charge on any atom is 0.0760 e. The van der Waals surface area contributed by atoms with E-state index in [1.54, 1.807) is 0 Å².